The molecular formula is C28H29OPS. The van der Waals surface area contributed by atoms with Crippen molar-refractivity contribution in [2.45, 2.75) is 6.92 Å². The van der Waals surface area contributed by atoms with Gasteiger partial charge in [0.1, 0.15) is 0 Å². The van der Waals surface area contributed by atoms with Gasteiger partial charge in [-0.15, -0.1) is 0 Å². The van der Waals surface area contributed by atoms with Gasteiger partial charge in [0.15, 0.2) is 0 Å². The third kappa shape index (κ3) is 4.42. The Morgan fingerprint density at radius 1 is 0.710 bits per heavy atom. The van der Waals surface area contributed by atoms with E-state index >= 15 is 0 Å². The number of hydrogen-bond donors (Lipinski definition) is 1. The standard InChI is InChI=1S/C28H29OPS/c1-22-13-18-28(29)27(21-22)23-14-16-26(17-15-23)30(19-20-31-2,24-9-5-3-6-10-24)25-11-7-4-8-12-25/h3-18,21,29-30H,19-20H2,1-2H3. The fraction of sp³-hybridized carbons (Fsp3) is 0.143. The fourth-order valence-corrected chi connectivity index (χ4v) is 10.6. The molecule has 0 aliphatic heterocycles. The predicted octanol–water partition coefficient (Wildman–Crippen LogP) is 5.76. The normalized spacial score (nSPS) is 11.9. The van der Waals surface area contributed by atoms with Crippen LogP contribution in [0.3, 0.4) is 0 Å². The molecule has 0 saturated heterocycles. The molecule has 0 saturated carbocycles. The predicted molar refractivity (Wildman–Crippen MR) is 142 cm³/mol. The molecule has 31 heavy (non-hydrogen) atoms. The van der Waals surface area contributed by atoms with E-state index in [0.29, 0.717) is 5.75 Å². The molecule has 1 nitrogen and oxygen atoms in total. The summed E-state index contributed by atoms with van der Waals surface area (Å²) >= 11 is 1.92. The van der Waals surface area contributed by atoms with Crippen molar-refractivity contribution in [2.75, 3.05) is 18.2 Å². The number of aryl methyl sites for hydroxylation is 1. The van der Waals surface area contributed by atoms with E-state index in [1.54, 1.807) is 6.07 Å². The van der Waals surface area contributed by atoms with Crippen LogP contribution in [0.5, 0.6) is 5.75 Å². The number of benzene rings is 4. The third-order valence-corrected chi connectivity index (χ3v) is 12.0. The number of aromatic hydroxyl groups is 1. The SMILES string of the molecule is CSCC[PH](c1ccccc1)(c1ccccc1)c1ccc(-c2cc(C)ccc2O)cc1. The van der Waals surface area contributed by atoms with E-state index in [2.05, 4.69) is 104 Å². The Morgan fingerprint density at radius 3 is 1.81 bits per heavy atom. The van der Waals surface area contributed by atoms with Crippen molar-refractivity contribution in [3.8, 4) is 16.9 Å². The van der Waals surface area contributed by atoms with Crippen LogP contribution in [0.4, 0.5) is 0 Å². The molecule has 4 rings (SSSR count). The summed E-state index contributed by atoms with van der Waals surface area (Å²) in [6.45, 7) is 2.06. The van der Waals surface area contributed by atoms with Crippen molar-refractivity contribution >= 4 is 34.9 Å². The maximum atomic E-state index is 10.4. The van der Waals surface area contributed by atoms with E-state index in [4.69, 9.17) is 0 Å². The van der Waals surface area contributed by atoms with Crippen LogP contribution < -0.4 is 15.9 Å². The molecule has 0 aliphatic rings. The molecule has 0 amide bonds. The van der Waals surface area contributed by atoms with Crippen molar-refractivity contribution < 1.29 is 5.11 Å². The van der Waals surface area contributed by atoms with Gasteiger partial charge >= 0.3 is 191 Å². The van der Waals surface area contributed by atoms with Crippen LogP contribution in [0, 0.1) is 6.92 Å². The van der Waals surface area contributed by atoms with E-state index in [0.717, 1.165) is 28.6 Å². The Balaban J connectivity index is 1.88. The van der Waals surface area contributed by atoms with Crippen molar-refractivity contribution in [3.63, 3.8) is 0 Å². The molecule has 0 aromatic heterocycles. The van der Waals surface area contributed by atoms with E-state index in [9.17, 15) is 5.11 Å². The molecule has 4 aromatic rings. The number of rotatable bonds is 7. The van der Waals surface area contributed by atoms with Gasteiger partial charge in [-0.05, 0) is 0 Å². The summed E-state index contributed by atoms with van der Waals surface area (Å²) in [6, 6.07) is 36.8. The minimum absolute atomic E-state index is 0.329. The topological polar surface area (TPSA) is 20.2 Å². The first-order valence-electron chi connectivity index (χ1n) is 10.7. The summed E-state index contributed by atoms with van der Waals surface area (Å²) < 4.78 is 0. The molecule has 0 bridgehead atoms. The van der Waals surface area contributed by atoms with Crippen molar-refractivity contribution in [1.82, 2.24) is 0 Å². The van der Waals surface area contributed by atoms with Crippen LogP contribution in [0.2, 0.25) is 0 Å². The Bertz CT molecular complexity index is 1090. The summed E-state index contributed by atoms with van der Waals surface area (Å²) in [5.41, 5.74) is 3.09. The summed E-state index contributed by atoms with van der Waals surface area (Å²) in [4.78, 5) is 0. The zero-order chi connectivity index (χ0) is 21.7. The monoisotopic (exact) mass is 444 g/mol. The summed E-state index contributed by atoms with van der Waals surface area (Å²) in [5, 5.41) is 14.7. The molecule has 0 heterocycles. The second-order valence-electron chi connectivity index (χ2n) is 7.98. The Hall–Kier alpha value is -2.54. The van der Waals surface area contributed by atoms with E-state index < -0.39 is 7.26 Å². The molecule has 4 aromatic carbocycles. The third-order valence-electron chi connectivity index (χ3n) is 6.06. The van der Waals surface area contributed by atoms with Crippen LogP contribution in [-0.4, -0.2) is 23.3 Å². The van der Waals surface area contributed by atoms with Gasteiger partial charge in [-0.1, -0.05) is 0 Å². The van der Waals surface area contributed by atoms with Gasteiger partial charge in [0.25, 0.3) is 0 Å². The second-order valence-corrected chi connectivity index (χ2v) is 13.0. The van der Waals surface area contributed by atoms with Gasteiger partial charge in [0.2, 0.25) is 0 Å². The van der Waals surface area contributed by atoms with Gasteiger partial charge in [-0.3, -0.25) is 0 Å². The van der Waals surface area contributed by atoms with Crippen LogP contribution in [0.1, 0.15) is 5.56 Å². The van der Waals surface area contributed by atoms with Crippen LogP contribution in [-0.2, 0) is 0 Å². The maximum absolute atomic E-state index is 10.4. The first kappa shape index (κ1) is 21.7. The van der Waals surface area contributed by atoms with Crippen molar-refractivity contribution in [1.29, 1.82) is 0 Å². The quantitative estimate of drug-likeness (QED) is 0.366. The number of thioether (sulfide) groups is 1. The van der Waals surface area contributed by atoms with E-state index in [1.807, 2.05) is 17.8 Å². The molecule has 158 valence electrons. The molecule has 0 fully saturated rings. The van der Waals surface area contributed by atoms with Gasteiger partial charge in [-0.2, -0.15) is 0 Å². The summed E-state index contributed by atoms with van der Waals surface area (Å²) in [6.07, 6.45) is 3.34. The summed E-state index contributed by atoms with van der Waals surface area (Å²) in [7, 11) is -2.18. The minimum atomic E-state index is -2.18. The van der Waals surface area contributed by atoms with Gasteiger partial charge in [0, 0.05) is 0 Å². The van der Waals surface area contributed by atoms with E-state index in [1.165, 1.54) is 15.9 Å². The zero-order valence-corrected chi connectivity index (χ0v) is 19.9. The van der Waals surface area contributed by atoms with Crippen molar-refractivity contribution in [3.05, 3.63) is 109 Å². The molecule has 0 unspecified atom stereocenters. The fourth-order valence-electron chi connectivity index (χ4n) is 4.45. The average molecular weight is 445 g/mol. The number of phenolic OH excluding ortho intramolecular Hbond substituents is 1. The van der Waals surface area contributed by atoms with E-state index in [-0.39, 0.29) is 0 Å². The molecular weight excluding hydrogens is 415 g/mol. The molecule has 0 spiro atoms. The van der Waals surface area contributed by atoms with Gasteiger partial charge in [0.05, 0.1) is 0 Å². The Labute approximate surface area is 190 Å². The molecule has 0 atom stereocenters. The zero-order valence-electron chi connectivity index (χ0n) is 18.1. The van der Waals surface area contributed by atoms with Crippen molar-refractivity contribution in [2.24, 2.45) is 0 Å². The molecule has 1 N–H and O–H groups in total. The van der Waals surface area contributed by atoms with Gasteiger partial charge in [-0.25, -0.2) is 0 Å². The molecule has 3 heteroatoms. The summed E-state index contributed by atoms with van der Waals surface area (Å²) in [5.74, 6) is 1.45. The second kappa shape index (κ2) is 9.73. The molecule has 0 aliphatic carbocycles. The number of phenols is 1. The Morgan fingerprint density at radius 2 is 1.26 bits per heavy atom. The van der Waals surface area contributed by atoms with Gasteiger partial charge < -0.3 is 0 Å². The Kier molecular flexibility index (Phi) is 6.80. The number of hydrogen-bond acceptors (Lipinski definition) is 2. The van der Waals surface area contributed by atoms with Crippen LogP contribution >= 0.6 is 19.0 Å². The average Bonchev–Trinajstić information content (AvgIpc) is 2.83. The first-order valence-corrected chi connectivity index (χ1v) is 14.3. The first-order chi connectivity index (χ1) is 15.1. The van der Waals surface area contributed by atoms with Crippen LogP contribution in [0.25, 0.3) is 11.1 Å². The van der Waals surface area contributed by atoms with Crippen LogP contribution in [0.15, 0.2) is 103 Å². The molecule has 0 radical (unpaired) electrons.